The van der Waals surface area contributed by atoms with E-state index in [1.165, 1.54) is 0 Å². The number of phenols is 4. The lowest BCUT2D eigenvalue weighted by molar-refractivity contribution is 0.371. The van der Waals surface area contributed by atoms with Crippen molar-refractivity contribution >= 4 is 17.4 Å². The van der Waals surface area contributed by atoms with Gasteiger partial charge in [0.25, 0.3) is 0 Å². The van der Waals surface area contributed by atoms with E-state index in [-0.39, 0.29) is 91.4 Å². The van der Waals surface area contributed by atoms with Crippen molar-refractivity contribution in [1.29, 1.82) is 0 Å². The van der Waals surface area contributed by atoms with E-state index in [9.17, 15) is 30.6 Å². The summed E-state index contributed by atoms with van der Waals surface area (Å²) in [6, 6.07) is 45.6. The highest BCUT2D eigenvalue weighted by Crippen LogP contribution is 2.45. The maximum atomic E-state index is 11.3. The Labute approximate surface area is 424 Å². The molecule has 1 aliphatic carbocycles. The van der Waals surface area contributed by atoms with E-state index in [2.05, 4.69) is 12.1 Å². The predicted molar refractivity (Wildman–Crippen MR) is 293 cm³/mol. The molecule has 0 bridgehead atoms. The van der Waals surface area contributed by atoms with Gasteiger partial charge in [-0.25, -0.2) is 15.0 Å². The Morgan fingerprint density at radius 1 is 0.458 bits per heavy atom. The molecule has 3 aromatic heterocycles. The maximum absolute atomic E-state index is 11.3. The van der Waals surface area contributed by atoms with Gasteiger partial charge >= 0.3 is 0 Å². The van der Waals surface area contributed by atoms with Crippen molar-refractivity contribution < 1.29 is 30.6 Å². The highest BCUT2D eigenvalue weighted by molar-refractivity contribution is 6.00. The Balaban J connectivity index is 0.000000289. The van der Waals surface area contributed by atoms with Crippen LogP contribution in [0.3, 0.4) is 0 Å². The highest BCUT2D eigenvalue weighted by atomic mass is 16.3. The molecule has 2 aliphatic rings. The number of hydrogen-bond acceptors (Lipinski definition) is 10. The van der Waals surface area contributed by atoms with Crippen molar-refractivity contribution in [2.75, 3.05) is 0 Å². The van der Waals surface area contributed by atoms with Crippen LogP contribution in [0.4, 0.5) is 0 Å². The monoisotopic (exact) mass is 969 g/mol. The number of aliphatic imine (C=N–C) groups is 1. The second-order valence-electron chi connectivity index (χ2n) is 16.5. The molecule has 11 rings (SSSR count). The van der Waals surface area contributed by atoms with Crippen LogP contribution in [0.25, 0.3) is 23.0 Å². The number of aromatic hydroxyl groups is 6. The number of phenolic OH excluding ortho intramolecular Hbond substituents is 4. The quantitative estimate of drug-likeness (QED) is 0.0820. The normalized spacial score (nSPS) is 13.5. The summed E-state index contributed by atoms with van der Waals surface area (Å²) in [6.07, 6.45) is 7.77. The van der Waals surface area contributed by atoms with Gasteiger partial charge in [-0.2, -0.15) is 0 Å². The van der Waals surface area contributed by atoms with Crippen molar-refractivity contribution in [3.05, 3.63) is 220 Å². The van der Waals surface area contributed by atoms with Gasteiger partial charge in [0.15, 0.2) is 11.5 Å². The van der Waals surface area contributed by atoms with Crippen LogP contribution in [-0.2, 0) is 25.7 Å². The molecule has 4 heterocycles. The number of fused-ring (bicyclic) bond motifs is 6. The van der Waals surface area contributed by atoms with E-state index >= 15 is 0 Å². The largest absolute Gasteiger partial charge is 0.508 e. The van der Waals surface area contributed by atoms with E-state index in [4.69, 9.17) is 19.9 Å². The van der Waals surface area contributed by atoms with Gasteiger partial charge in [0.05, 0.1) is 23.1 Å². The van der Waals surface area contributed by atoms with Gasteiger partial charge in [-0.05, 0) is 94.0 Å². The summed E-state index contributed by atoms with van der Waals surface area (Å²) in [5.74, 6) is 1.66. The number of imidazole rings is 2. The summed E-state index contributed by atoms with van der Waals surface area (Å²) in [4.78, 5) is 19.6. The van der Waals surface area contributed by atoms with Gasteiger partial charge in [-0.1, -0.05) is 148 Å². The Kier molecular flexibility index (Phi) is 18.5. The summed E-state index contributed by atoms with van der Waals surface area (Å²) in [5.41, 5.74) is 10.8. The fourth-order valence-electron chi connectivity index (χ4n) is 8.61. The Morgan fingerprint density at radius 3 is 1.51 bits per heavy atom. The van der Waals surface area contributed by atoms with E-state index in [1.54, 1.807) is 71.3 Å². The lowest BCUT2D eigenvalue weighted by Gasteiger charge is -2.33. The molecule has 6 N–H and O–H groups in total. The van der Waals surface area contributed by atoms with Gasteiger partial charge in [0.2, 0.25) is 11.8 Å². The Hall–Kier alpha value is -8.64. The van der Waals surface area contributed by atoms with E-state index in [0.717, 1.165) is 50.3 Å². The third kappa shape index (κ3) is 11.5. The molecule has 2 atom stereocenters. The van der Waals surface area contributed by atoms with Gasteiger partial charge in [0, 0.05) is 37.4 Å². The minimum Gasteiger partial charge on any atom is -0.508 e. The summed E-state index contributed by atoms with van der Waals surface area (Å²) in [7, 11) is 0. The molecule has 9 aromatic rings. The van der Waals surface area contributed by atoms with Crippen LogP contribution in [0.15, 0.2) is 169 Å². The third-order valence-electron chi connectivity index (χ3n) is 11.9. The topological polar surface area (TPSA) is 182 Å². The molecule has 0 saturated carbocycles. The maximum Gasteiger partial charge on any atom is 0.219 e. The average molecular weight is 969 g/mol. The van der Waals surface area contributed by atoms with Gasteiger partial charge in [-0.15, -0.1) is 0 Å². The van der Waals surface area contributed by atoms with Crippen LogP contribution in [0.1, 0.15) is 113 Å². The molecule has 374 valence electrons. The minimum atomic E-state index is -0.228. The van der Waals surface area contributed by atoms with Gasteiger partial charge in [-0.3, -0.25) is 14.0 Å². The molecule has 0 radical (unpaired) electrons. The first-order chi connectivity index (χ1) is 32.1. The summed E-state index contributed by atoms with van der Waals surface area (Å²) in [6.45, 7) is 0. The fourth-order valence-corrected chi connectivity index (χ4v) is 8.61. The van der Waals surface area contributed by atoms with Crippen molar-refractivity contribution in [1.82, 2.24) is 23.9 Å². The summed E-state index contributed by atoms with van der Waals surface area (Å²) < 4.78 is 3.56. The average Bonchev–Trinajstić information content (AvgIpc) is 3.83. The van der Waals surface area contributed by atoms with Crippen molar-refractivity contribution in [2.45, 2.75) is 82.3 Å². The zero-order valence-corrected chi connectivity index (χ0v) is 35.5. The summed E-state index contributed by atoms with van der Waals surface area (Å²) >= 11 is 0. The molecule has 0 fully saturated rings. The lowest BCUT2D eigenvalue weighted by atomic mass is 9.87. The van der Waals surface area contributed by atoms with Crippen LogP contribution in [0, 0.1) is 0 Å². The number of benzene rings is 6. The standard InChI is InChI=1S/C28H23N3O3.C26H21N3O3.6CH4/c32-20-9-6-18(7-10-20)15-24-28(34)31-25-13-8-19-16-21(33)11-12-22(19)26(25)29-23(27(31)30-24)14-17-4-2-1-3-5-17;30-20-10-6-18(7-11-20)15-23-26(32)29-16-24(19-8-12-21(31)13-9-19)27-22(25(29)28-23)14-17-4-2-1-3-5-17;;;;;;/h1-13,16,25-26,32-34H,14-15H2;1-13,16,30-32H,14-15H2;6*1H4. The Bertz CT molecular complexity index is 3260. The van der Waals surface area contributed by atoms with Crippen molar-refractivity contribution in [3.63, 3.8) is 0 Å². The van der Waals surface area contributed by atoms with Crippen molar-refractivity contribution in [3.8, 4) is 46.0 Å². The zero-order chi connectivity index (χ0) is 45.3. The highest BCUT2D eigenvalue weighted by Gasteiger charge is 2.37. The SMILES string of the molecule is C.C.C.C.C.C.Oc1ccc(Cc2nc3c(Cc4ccccc4)nc(-c4ccc(O)cc4)cn3c2O)cc1.Oc1ccc(Cc2nc3n(c2O)C2C=Cc4cc(O)ccc4C2N=C3Cc2ccccc2)cc1. The van der Waals surface area contributed by atoms with Crippen LogP contribution in [0.2, 0.25) is 0 Å². The van der Waals surface area contributed by atoms with E-state index < -0.39 is 0 Å². The van der Waals surface area contributed by atoms with E-state index in [1.807, 2.05) is 95.6 Å². The van der Waals surface area contributed by atoms with E-state index in [0.29, 0.717) is 54.2 Å². The molecule has 1 aliphatic heterocycles. The lowest BCUT2D eigenvalue weighted by Crippen LogP contribution is -2.28. The first-order valence-electron chi connectivity index (χ1n) is 21.5. The zero-order valence-electron chi connectivity index (χ0n) is 35.5. The number of aromatic nitrogens is 5. The molecule has 12 nitrogen and oxygen atoms in total. The first-order valence-corrected chi connectivity index (χ1v) is 21.5. The fraction of sp³-hybridized carbons (Fsp3) is 0.200. The molecule has 0 saturated heterocycles. The van der Waals surface area contributed by atoms with Crippen LogP contribution in [-0.4, -0.2) is 60.3 Å². The van der Waals surface area contributed by atoms with Gasteiger partial charge in [0.1, 0.15) is 40.4 Å². The van der Waals surface area contributed by atoms with Crippen LogP contribution < -0.4 is 0 Å². The van der Waals surface area contributed by atoms with Crippen molar-refractivity contribution in [2.24, 2.45) is 4.99 Å². The molecule has 72 heavy (non-hydrogen) atoms. The number of nitrogens with zero attached hydrogens (tertiary/aromatic N) is 6. The number of rotatable bonds is 9. The van der Waals surface area contributed by atoms with Crippen LogP contribution >= 0.6 is 0 Å². The minimum absolute atomic E-state index is 0. The molecule has 0 amide bonds. The van der Waals surface area contributed by atoms with Gasteiger partial charge < -0.3 is 30.6 Å². The smallest absolute Gasteiger partial charge is 0.219 e. The number of hydrogen-bond donors (Lipinski definition) is 6. The van der Waals surface area contributed by atoms with Crippen LogP contribution in [0.5, 0.6) is 34.8 Å². The predicted octanol–water partition coefficient (Wildman–Crippen LogP) is 13.5. The first kappa shape index (κ1) is 56.0. The molecule has 0 spiro atoms. The molecule has 12 heteroatoms. The molecule has 2 unspecified atom stereocenters. The third-order valence-corrected chi connectivity index (χ3v) is 11.9. The Morgan fingerprint density at radius 2 is 0.944 bits per heavy atom. The molecular weight excluding hydrogens is 901 g/mol. The summed E-state index contributed by atoms with van der Waals surface area (Å²) in [5, 5.41) is 61.0. The second kappa shape index (κ2) is 23.8. The molecular formula is C60H68N6O6. The molecule has 6 aromatic carbocycles. The second-order valence-corrected chi connectivity index (χ2v) is 16.5.